The maximum absolute atomic E-state index is 10.1. The Labute approximate surface area is 132 Å². The van der Waals surface area contributed by atoms with E-state index >= 15 is 0 Å². The van der Waals surface area contributed by atoms with E-state index in [9.17, 15) is 5.11 Å². The van der Waals surface area contributed by atoms with Gasteiger partial charge >= 0.3 is 0 Å². The van der Waals surface area contributed by atoms with Crippen molar-refractivity contribution in [3.63, 3.8) is 0 Å². The molecule has 118 valence electrons. The van der Waals surface area contributed by atoms with Crippen molar-refractivity contribution in [1.29, 1.82) is 0 Å². The van der Waals surface area contributed by atoms with Crippen LogP contribution in [0.4, 0.5) is 0 Å². The van der Waals surface area contributed by atoms with Crippen molar-refractivity contribution >= 4 is 0 Å². The Morgan fingerprint density at radius 1 is 1.14 bits per heavy atom. The summed E-state index contributed by atoms with van der Waals surface area (Å²) in [5.74, 6) is 0.752. The predicted molar refractivity (Wildman–Crippen MR) is 89.0 cm³/mol. The predicted octanol–water partition coefficient (Wildman–Crippen LogP) is 2.83. The number of hydrogen-bond donors (Lipinski definition) is 1. The first kappa shape index (κ1) is 16.5. The van der Waals surface area contributed by atoms with Crippen LogP contribution in [0.25, 0.3) is 11.3 Å². The Hall–Kier alpha value is -1.91. The molecule has 0 amide bonds. The quantitative estimate of drug-likeness (QED) is 0.814. The molecule has 1 heterocycles. The maximum Gasteiger partial charge on any atom is 0.120 e. The average molecular weight is 300 g/mol. The van der Waals surface area contributed by atoms with Crippen molar-refractivity contribution in [3.05, 3.63) is 48.7 Å². The smallest absolute Gasteiger partial charge is 0.120 e. The molecule has 2 rings (SSSR count). The highest BCUT2D eigenvalue weighted by Gasteiger charge is 2.10. The molecule has 22 heavy (non-hydrogen) atoms. The van der Waals surface area contributed by atoms with Gasteiger partial charge in [-0.05, 0) is 37.4 Å². The van der Waals surface area contributed by atoms with E-state index in [0.717, 1.165) is 30.1 Å². The Morgan fingerprint density at radius 2 is 1.95 bits per heavy atom. The van der Waals surface area contributed by atoms with Gasteiger partial charge in [-0.3, -0.25) is 4.98 Å². The average Bonchev–Trinajstić information content (AvgIpc) is 2.59. The second kappa shape index (κ2) is 8.51. The monoisotopic (exact) mass is 300 g/mol. The summed E-state index contributed by atoms with van der Waals surface area (Å²) in [6.07, 6.45) is 1.29. The minimum absolute atomic E-state index is 0.294. The highest BCUT2D eigenvalue weighted by Crippen LogP contribution is 2.21. The third-order valence-electron chi connectivity index (χ3n) is 3.60. The zero-order valence-corrected chi connectivity index (χ0v) is 13.3. The second-order valence-electron chi connectivity index (χ2n) is 5.19. The molecule has 0 aliphatic rings. The van der Waals surface area contributed by atoms with Gasteiger partial charge in [-0.25, -0.2) is 0 Å². The molecule has 1 unspecified atom stereocenters. The molecule has 1 aromatic carbocycles. The fraction of sp³-hybridized carbons (Fsp3) is 0.389. The Balaban J connectivity index is 1.94. The van der Waals surface area contributed by atoms with Gasteiger partial charge in [-0.2, -0.15) is 0 Å². The van der Waals surface area contributed by atoms with E-state index in [4.69, 9.17) is 4.74 Å². The molecule has 0 saturated carbocycles. The molecule has 0 radical (unpaired) electrons. The van der Waals surface area contributed by atoms with Crippen LogP contribution in [0, 0.1) is 0 Å². The van der Waals surface area contributed by atoms with Crippen molar-refractivity contribution in [1.82, 2.24) is 9.88 Å². The van der Waals surface area contributed by atoms with E-state index in [1.807, 2.05) is 42.5 Å². The standard InChI is InChI=1S/C18H24N2O2/c1-3-20(4-2)13-16(21)14-22-17-9-7-8-15(12-17)18-10-5-6-11-19-18/h5-12,16,21H,3-4,13-14H2,1-2H3. The summed E-state index contributed by atoms with van der Waals surface area (Å²) in [6.45, 7) is 6.97. The highest BCUT2D eigenvalue weighted by atomic mass is 16.5. The number of nitrogens with zero attached hydrogens (tertiary/aromatic N) is 2. The SMILES string of the molecule is CCN(CC)CC(O)COc1cccc(-c2ccccn2)c1. The van der Waals surface area contributed by atoms with Crippen LogP contribution in [-0.2, 0) is 0 Å². The van der Waals surface area contributed by atoms with Crippen LogP contribution < -0.4 is 4.74 Å². The Morgan fingerprint density at radius 3 is 2.64 bits per heavy atom. The van der Waals surface area contributed by atoms with Crippen LogP contribution in [-0.4, -0.2) is 47.3 Å². The van der Waals surface area contributed by atoms with Crippen LogP contribution in [0.15, 0.2) is 48.7 Å². The molecule has 4 heteroatoms. The van der Waals surface area contributed by atoms with Crippen LogP contribution in [0.3, 0.4) is 0 Å². The minimum Gasteiger partial charge on any atom is -0.491 e. The lowest BCUT2D eigenvalue weighted by Crippen LogP contribution is -2.35. The van der Waals surface area contributed by atoms with Gasteiger partial charge in [-0.15, -0.1) is 0 Å². The zero-order valence-electron chi connectivity index (χ0n) is 13.3. The maximum atomic E-state index is 10.1. The van der Waals surface area contributed by atoms with E-state index < -0.39 is 6.10 Å². The number of aliphatic hydroxyl groups excluding tert-OH is 1. The van der Waals surface area contributed by atoms with Crippen LogP contribution in [0.1, 0.15) is 13.8 Å². The molecule has 1 aromatic heterocycles. The van der Waals surface area contributed by atoms with Gasteiger partial charge in [0.2, 0.25) is 0 Å². The lowest BCUT2D eigenvalue weighted by molar-refractivity contribution is 0.0716. The van der Waals surface area contributed by atoms with E-state index in [1.54, 1.807) is 6.20 Å². The van der Waals surface area contributed by atoms with Gasteiger partial charge in [0.15, 0.2) is 0 Å². The normalized spacial score (nSPS) is 12.4. The number of likely N-dealkylation sites (N-methyl/N-ethyl adjacent to an activating group) is 1. The molecule has 0 saturated heterocycles. The summed E-state index contributed by atoms with van der Waals surface area (Å²) in [4.78, 5) is 6.51. The molecule has 0 aliphatic carbocycles. The first-order chi connectivity index (χ1) is 10.7. The molecule has 0 spiro atoms. The number of rotatable bonds is 8. The van der Waals surface area contributed by atoms with Gasteiger partial charge in [0.25, 0.3) is 0 Å². The van der Waals surface area contributed by atoms with Gasteiger partial charge in [-0.1, -0.05) is 32.0 Å². The second-order valence-corrected chi connectivity index (χ2v) is 5.19. The largest absolute Gasteiger partial charge is 0.491 e. The number of ether oxygens (including phenoxy) is 1. The first-order valence-corrected chi connectivity index (χ1v) is 7.77. The summed E-state index contributed by atoms with van der Waals surface area (Å²) in [7, 11) is 0. The molecule has 0 bridgehead atoms. The molecule has 0 aliphatic heterocycles. The van der Waals surface area contributed by atoms with Crippen molar-refractivity contribution in [2.75, 3.05) is 26.2 Å². The van der Waals surface area contributed by atoms with E-state index in [-0.39, 0.29) is 0 Å². The van der Waals surface area contributed by atoms with E-state index in [2.05, 4.69) is 23.7 Å². The van der Waals surface area contributed by atoms with Crippen LogP contribution in [0.5, 0.6) is 5.75 Å². The Bertz CT molecular complexity index is 556. The van der Waals surface area contributed by atoms with Crippen molar-refractivity contribution < 1.29 is 9.84 Å². The van der Waals surface area contributed by atoms with Gasteiger partial charge in [0.1, 0.15) is 18.5 Å². The lowest BCUT2D eigenvalue weighted by atomic mass is 10.1. The Kier molecular flexibility index (Phi) is 6.37. The summed E-state index contributed by atoms with van der Waals surface area (Å²) < 4.78 is 5.72. The van der Waals surface area contributed by atoms with E-state index in [0.29, 0.717) is 13.2 Å². The van der Waals surface area contributed by atoms with Crippen molar-refractivity contribution in [3.8, 4) is 17.0 Å². The minimum atomic E-state index is -0.488. The summed E-state index contributed by atoms with van der Waals surface area (Å²) >= 11 is 0. The number of benzene rings is 1. The number of aliphatic hydroxyl groups is 1. The lowest BCUT2D eigenvalue weighted by Gasteiger charge is -2.22. The van der Waals surface area contributed by atoms with Crippen LogP contribution in [0.2, 0.25) is 0 Å². The molecular formula is C18H24N2O2. The summed E-state index contributed by atoms with van der Waals surface area (Å²) in [6, 6.07) is 13.6. The fourth-order valence-electron chi connectivity index (χ4n) is 2.30. The van der Waals surface area contributed by atoms with Crippen LogP contribution >= 0.6 is 0 Å². The van der Waals surface area contributed by atoms with E-state index in [1.165, 1.54) is 0 Å². The molecular weight excluding hydrogens is 276 g/mol. The topological polar surface area (TPSA) is 45.6 Å². The number of aromatic nitrogens is 1. The van der Waals surface area contributed by atoms with Gasteiger partial charge < -0.3 is 14.7 Å². The number of pyridine rings is 1. The first-order valence-electron chi connectivity index (χ1n) is 7.77. The molecule has 0 fully saturated rings. The zero-order chi connectivity index (χ0) is 15.8. The fourth-order valence-corrected chi connectivity index (χ4v) is 2.30. The molecule has 1 atom stereocenters. The summed E-state index contributed by atoms with van der Waals surface area (Å²) in [5.41, 5.74) is 1.92. The third kappa shape index (κ3) is 4.83. The van der Waals surface area contributed by atoms with Crippen molar-refractivity contribution in [2.24, 2.45) is 0 Å². The highest BCUT2D eigenvalue weighted by molar-refractivity contribution is 5.60. The van der Waals surface area contributed by atoms with Crippen molar-refractivity contribution in [2.45, 2.75) is 20.0 Å². The molecule has 1 N–H and O–H groups in total. The molecule has 4 nitrogen and oxygen atoms in total. The number of hydrogen-bond acceptors (Lipinski definition) is 4. The third-order valence-corrected chi connectivity index (χ3v) is 3.60. The molecule has 2 aromatic rings. The van der Waals surface area contributed by atoms with Gasteiger partial charge in [0, 0.05) is 18.3 Å². The summed E-state index contributed by atoms with van der Waals surface area (Å²) in [5, 5.41) is 10.1. The van der Waals surface area contributed by atoms with Gasteiger partial charge in [0.05, 0.1) is 5.69 Å².